The molecular weight excluding hydrogens is 350 g/mol. The second-order valence-electron chi connectivity index (χ2n) is 6.80. The van der Waals surface area contributed by atoms with Crippen molar-refractivity contribution in [1.82, 2.24) is 5.32 Å². The predicted octanol–water partition coefficient (Wildman–Crippen LogP) is 3.73. The molecule has 2 aromatic carbocycles. The molecule has 1 fully saturated rings. The molecule has 0 unspecified atom stereocenters. The average molecular weight is 369 g/mol. The Labute approximate surface area is 155 Å². The Hall–Kier alpha value is -3.13. The summed E-state index contributed by atoms with van der Waals surface area (Å²) >= 11 is 0. The summed E-state index contributed by atoms with van der Waals surface area (Å²) < 4.78 is 0. The number of nitro groups is 2. The highest BCUT2D eigenvalue weighted by Crippen LogP contribution is 2.38. The smallest absolute Gasteiger partial charge is 0.269 e. The van der Waals surface area contributed by atoms with Crippen LogP contribution in [0, 0.1) is 32.1 Å². The molecule has 2 aromatic rings. The van der Waals surface area contributed by atoms with Gasteiger partial charge in [0.05, 0.1) is 9.85 Å². The summed E-state index contributed by atoms with van der Waals surface area (Å²) in [7, 11) is 0. The van der Waals surface area contributed by atoms with Crippen molar-refractivity contribution in [3.63, 3.8) is 0 Å². The number of hydrogen-bond acceptors (Lipinski definition) is 6. The summed E-state index contributed by atoms with van der Waals surface area (Å²) in [6.45, 7) is 3.67. The number of nitro benzene ring substituents is 2. The van der Waals surface area contributed by atoms with Crippen LogP contribution < -0.4 is 5.32 Å². The molecule has 0 spiro atoms. The lowest BCUT2D eigenvalue weighted by Crippen LogP contribution is -2.46. The third kappa shape index (κ3) is 3.56. The minimum absolute atomic E-state index is 0.00572. The fraction of sp³-hybridized carbons (Fsp3) is 0.316. The lowest BCUT2D eigenvalue weighted by molar-refractivity contribution is -0.385. The summed E-state index contributed by atoms with van der Waals surface area (Å²) in [5.74, 6) is -0.507. The van der Waals surface area contributed by atoms with Crippen LogP contribution in [0.1, 0.15) is 37.1 Å². The van der Waals surface area contributed by atoms with Gasteiger partial charge in [-0.25, -0.2) is 0 Å². The molecule has 1 heterocycles. The number of ketones is 1. The lowest BCUT2D eigenvalue weighted by atomic mass is 9.76. The Bertz CT molecular complexity index is 808. The molecule has 3 rings (SSSR count). The van der Waals surface area contributed by atoms with E-state index in [1.165, 1.54) is 24.3 Å². The summed E-state index contributed by atoms with van der Waals surface area (Å²) in [6, 6.07) is 11.7. The van der Waals surface area contributed by atoms with E-state index in [0.717, 1.165) is 11.1 Å². The monoisotopic (exact) mass is 369 g/mol. The first-order chi connectivity index (χ1) is 12.8. The molecule has 0 aromatic heterocycles. The van der Waals surface area contributed by atoms with E-state index < -0.39 is 9.85 Å². The number of rotatable bonds is 4. The predicted molar refractivity (Wildman–Crippen MR) is 98.1 cm³/mol. The molecule has 1 N–H and O–H groups in total. The van der Waals surface area contributed by atoms with Crippen LogP contribution in [0.3, 0.4) is 0 Å². The van der Waals surface area contributed by atoms with Crippen molar-refractivity contribution in [3.05, 3.63) is 79.9 Å². The van der Waals surface area contributed by atoms with E-state index in [9.17, 15) is 25.0 Å². The third-order valence-corrected chi connectivity index (χ3v) is 5.18. The normalized spacial score (nSPS) is 25.2. The fourth-order valence-electron chi connectivity index (χ4n) is 3.60. The van der Waals surface area contributed by atoms with E-state index in [1.807, 2.05) is 13.8 Å². The quantitative estimate of drug-likeness (QED) is 0.648. The summed E-state index contributed by atoms with van der Waals surface area (Å²) in [5.41, 5.74) is 1.57. The Morgan fingerprint density at radius 3 is 1.37 bits per heavy atom. The molecule has 4 atom stereocenters. The van der Waals surface area contributed by atoms with Crippen LogP contribution in [0.2, 0.25) is 0 Å². The number of carbonyl (C=O) groups excluding carboxylic acids is 1. The standard InChI is InChI=1S/C19H19N3O5/c1-11-17(13-3-7-15(8-4-13)21(24)25)20-18(12(2)19(11)23)14-5-9-16(10-6-14)22(26)27/h3-12,17-18,20H,1-2H3/t11-,12+,17-,18+. The molecular formula is C19H19N3O5. The maximum atomic E-state index is 12.8. The molecule has 0 radical (unpaired) electrons. The van der Waals surface area contributed by atoms with Gasteiger partial charge in [0.15, 0.2) is 0 Å². The third-order valence-electron chi connectivity index (χ3n) is 5.18. The first-order valence-electron chi connectivity index (χ1n) is 8.58. The largest absolute Gasteiger partial charge is 0.302 e. The van der Waals surface area contributed by atoms with Crippen LogP contribution in [0.15, 0.2) is 48.5 Å². The topological polar surface area (TPSA) is 115 Å². The highest BCUT2D eigenvalue weighted by atomic mass is 16.6. The fourth-order valence-corrected chi connectivity index (χ4v) is 3.60. The molecule has 1 aliphatic heterocycles. The van der Waals surface area contributed by atoms with Gasteiger partial charge in [-0.2, -0.15) is 0 Å². The number of benzene rings is 2. The van der Waals surface area contributed by atoms with Crippen LogP contribution >= 0.6 is 0 Å². The van der Waals surface area contributed by atoms with E-state index in [1.54, 1.807) is 24.3 Å². The minimum atomic E-state index is -0.464. The molecule has 8 nitrogen and oxygen atoms in total. The molecule has 0 bridgehead atoms. The molecule has 0 saturated carbocycles. The van der Waals surface area contributed by atoms with Gasteiger partial charge >= 0.3 is 0 Å². The van der Waals surface area contributed by atoms with Crippen molar-refractivity contribution < 1.29 is 14.6 Å². The molecule has 0 amide bonds. The zero-order chi connectivity index (χ0) is 19.7. The highest BCUT2D eigenvalue weighted by molar-refractivity contribution is 5.85. The number of Topliss-reactive ketones (excluding diaryl/α,β-unsaturated/α-hetero) is 1. The van der Waals surface area contributed by atoms with Crippen molar-refractivity contribution in [1.29, 1.82) is 0 Å². The van der Waals surface area contributed by atoms with Gasteiger partial charge < -0.3 is 5.32 Å². The molecule has 1 saturated heterocycles. The van der Waals surface area contributed by atoms with E-state index in [0.29, 0.717) is 0 Å². The van der Waals surface area contributed by atoms with Gasteiger partial charge in [0, 0.05) is 48.2 Å². The Kier molecular flexibility index (Phi) is 5.00. The number of non-ortho nitro benzene ring substituents is 2. The number of nitrogens with zero attached hydrogens (tertiary/aromatic N) is 2. The van der Waals surface area contributed by atoms with E-state index in [-0.39, 0.29) is 41.1 Å². The Balaban J connectivity index is 1.91. The van der Waals surface area contributed by atoms with E-state index in [4.69, 9.17) is 0 Å². The van der Waals surface area contributed by atoms with Crippen molar-refractivity contribution >= 4 is 17.2 Å². The number of piperidine rings is 1. The SMILES string of the molecule is C[C@@H]1C(=O)[C@H](C)[C@H](c2ccc([N+](=O)[O-])cc2)N[C@@H]1c1ccc([N+](=O)[O-])cc1. The lowest BCUT2D eigenvalue weighted by Gasteiger charge is -2.39. The number of hydrogen-bond donors (Lipinski definition) is 1. The van der Waals surface area contributed by atoms with Crippen molar-refractivity contribution in [2.45, 2.75) is 25.9 Å². The van der Waals surface area contributed by atoms with Crippen molar-refractivity contribution in [2.24, 2.45) is 11.8 Å². The van der Waals surface area contributed by atoms with Gasteiger partial charge in [-0.1, -0.05) is 38.1 Å². The minimum Gasteiger partial charge on any atom is -0.302 e. The van der Waals surface area contributed by atoms with Crippen molar-refractivity contribution in [3.8, 4) is 0 Å². The van der Waals surface area contributed by atoms with Gasteiger partial charge in [-0.3, -0.25) is 25.0 Å². The second kappa shape index (κ2) is 7.24. The molecule has 0 aliphatic carbocycles. The number of nitrogens with one attached hydrogen (secondary N) is 1. The van der Waals surface area contributed by atoms with Gasteiger partial charge in [0.1, 0.15) is 5.78 Å². The highest BCUT2D eigenvalue weighted by Gasteiger charge is 2.40. The van der Waals surface area contributed by atoms with Crippen LogP contribution in [-0.2, 0) is 4.79 Å². The maximum absolute atomic E-state index is 12.8. The Morgan fingerprint density at radius 1 is 0.741 bits per heavy atom. The van der Waals surface area contributed by atoms with E-state index in [2.05, 4.69) is 5.32 Å². The molecule has 140 valence electrons. The van der Waals surface area contributed by atoms with Gasteiger partial charge in [-0.05, 0) is 11.1 Å². The average Bonchev–Trinajstić information content (AvgIpc) is 2.66. The van der Waals surface area contributed by atoms with Gasteiger partial charge in [-0.15, -0.1) is 0 Å². The maximum Gasteiger partial charge on any atom is 0.269 e. The van der Waals surface area contributed by atoms with Gasteiger partial charge in [0.25, 0.3) is 11.4 Å². The first-order valence-corrected chi connectivity index (χ1v) is 8.58. The summed E-state index contributed by atoms with van der Waals surface area (Å²) in [4.78, 5) is 33.6. The van der Waals surface area contributed by atoms with Crippen LogP contribution in [0.4, 0.5) is 11.4 Å². The van der Waals surface area contributed by atoms with Crippen LogP contribution in [0.25, 0.3) is 0 Å². The summed E-state index contributed by atoms with van der Waals surface area (Å²) in [6.07, 6.45) is 0. The Morgan fingerprint density at radius 2 is 1.07 bits per heavy atom. The van der Waals surface area contributed by atoms with Crippen LogP contribution in [0.5, 0.6) is 0 Å². The first kappa shape index (κ1) is 18.7. The van der Waals surface area contributed by atoms with Gasteiger partial charge in [0.2, 0.25) is 0 Å². The number of carbonyl (C=O) groups is 1. The van der Waals surface area contributed by atoms with Crippen molar-refractivity contribution in [2.75, 3.05) is 0 Å². The molecule has 27 heavy (non-hydrogen) atoms. The van der Waals surface area contributed by atoms with E-state index >= 15 is 0 Å². The zero-order valence-corrected chi connectivity index (χ0v) is 14.9. The summed E-state index contributed by atoms with van der Waals surface area (Å²) in [5, 5.41) is 25.1. The second-order valence-corrected chi connectivity index (χ2v) is 6.80. The zero-order valence-electron chi connectivity index (χ0n) is 14.9. The van der Waals surface area contributed by atoms with Crippen LogP contribution in [-0.4, -0.2) is 15.6 Å². The molecule has 8 heteroatoms. The molecule has 1 aliphatic rings.